The number of hydrogen-bond acceptors (Lipinski definition) is 7. The van der Waals surface area contributed by atoms with Crippen molar-refractivity contribution in [2.75, 3.05) is 0 Å². The van der Waals surface area contributed by atoms with Crippen LogP contribution in [-0.2, 0) is 0 Å². The maximum absolute atomic E-state index is 12.1. The highest BCUT2D eigenvalue weighted by Crippen LogP contribution is 2.21. The molecule has 0 saturated heterocycles. The Morgan fingerprint density at radius 2 is 1.88 bits per heavy atom. The summed E-state index contributed by atoms with van der Waals surface area (Å²) in [7, 11) is 0. The van der Waals surface area contributed by atoms with Crippen molar-refractivity contribution < 1.29 is 9.85 Å². The van der Waals surface area contributed by atoms with Crippen LogP contribution in [0.5, 0.6) is 0 Å². The zero-order chi connectivity index (χ0) is 17.3. The van der Waals surface area contributed by atoms with Gasteiger partial charge in [-0.25, -0.2) is 9.97 Å². The number of nitrogens with one attached hydrogen (secondary N) is 1. The van der Waals surface area contributed by atoms with Crippen molar-refractivity contribution in [3.05, 3.63) is 72.4 Å². The van der Waals surface area contributed by atoms with Crippen LogP contribution >= 0.6 is 0 Å². The summed E-state index contributed by atoms with van der Waals surface area (Å²) in [4.78, 5) is 40.5. The third kappa shape index (κ3) is 2.49. The quantitative estimate of drug-likeness (QED) is 0.561. The first-order chi connectivity index (χ1) is 11.5. The van der Waals surface area contributed by atoms with Crippen molar-refractivity contribution >= 4 is 29.3 Å². The molecule has 0 unspecified atom stereocenters. The van der Waals surface area contributed by atoms with Gasteiger partial charge >= 0.3 is 11.2 Å². The predicted molar refractivity (Wildman–Crippen MR) is 82.3 cm³/mol. The fourth-order valence-corrected chi connectivity index (χ4v) is 2.12. The topological polar surface area (TPSA) is 149 Å². The number of aromatic nitrogens is 4. The minimum absolute atomic E-state index is 0.0483. The smallest absolute Gasteiger partial charge is 0.277 e. The lowest BCUT2D eigenvalue weighted by atomic mass is 10.1. The Morgan fingerprint density at radius 1 is 1.12 bits per heavy atom. The van der Waals surface area contributed by atoms with Crippen LogP contribution in [0, 0.1) is 20.2 Å². The number of aromatic amines is 1. The van der Waals surface area contributed by atoms with Gasteiger partial charge in [0, 0.05) is 6.07 Å². The summed E-state index contributed by atoms with van der Waals surface area (Å²) in [5.41, 5.74) is -1.87. The normalized spacial score (nSPS) is 11.2. The van der Waals surface area contributed by atoms with Crippen LogP contribution in [0.15, 0.2) is 35.4 Å². The van der Waals surface area contributed by atoms with Gasteiger partial charge in [0.25, 0.3) is 11.5 Å². The molecule has 0 amide bonds. The zero-order valence-electron chi connectivity index (χ0n) is 11.8. The van der Waals surface area contributed by atoms with Gasteiger partial charge in [0.2, 0.25) is 0 Å². The molecule has 1 aromatic carbocycles. The van der Waals surface area contributed by atoms with E-state index in [1.807, 2.05) is 0 Å². The van der Waals surface area contributed by atoms with Crippen LogP contribution in [0.4, 0.5) is 11.4 Å². The first kappa shape index (κ1) is 15.0. The highest BCUT2D eigenvalue weighted by Gasteiger charge is 2.23. The minimum atomic E-state index is -0.926. The molecular formula is C13H8N6O5. The standard InChI is InChI=1S/C13H8N6O5/c20-12-11(19(23)24)9(16-13-14-7-15-17(12)13)6-5-8-3-1-2-4-10(8)18(21)22/h1-7H,(H,14,15,16)/b6-5+. The van der Waals surface area contributed by atoms with E-state index in [1.165, 1.54) is 36.7 Å². The van der Waals surface area contributed by atoms with E-state index in [9.17, 15) is 25.0 Å². The number of nitro groups is 2. The summed E-state index contributed by atoms with van der Waals surface area (Å²) in [5, 5.41) is 24.6. The Morgan fingerprint density at radius 3 is 2.58 bits per heavy atom. The molecule has 11 heteroatoms. The van der Waals surface area contributed by atoms with Crippen LogP contribution in [0.3, 0.4) is 0 Å². The van der Waals surface area contributed by atoms with Crippen molar-refractivity contribution in [2.24, 2.45) is 0 Å². The number of nitrogens with zero attached hydrogens (tertiary/aromatic N) is 5. The highest BCUT2D eigenvalue weighted by molar-refractivity contribution is 5.76. The molecule has 2 heterocycles. The van der Waals surface area contributed by atoms with E-state index >= 15 is 0 Å². The maximum atomic E-state index is 12.1. The van der Waals surface area contributed by atoms with E-state index in [0.29, 0.717) is 0 Å². The van der Waals surface area contributed by atoms with Gasteiger partial charge in [-0.1, -0.05) is 12.1 Å². The number of benzene rings is 1. The molecule has 0 saturated carbocycles. The molecular weight excluding hydrogens is 320 g/mol. The van der Waals surface area contributed by atoms with Crippen molar-refractivity contribution in [2.45, 2.75) is 0 Å². The number of nitro benzene ring substituents is 1. The Balaban J connectivity index is 2.17. The molecule has 11 nitrogen and oxygen atoms in total. The van der Waals surface area contributed by atoms with Crippen LogP contribution in [0.25, 0.3) is 17.9 Å². The number of H-pyrrole nitrogens is 1. The van der Waals surface area contributed by atoms with E-state index in [0.717, 1.165) is 4.52 Å². The molecule has 120 valence electrons. The molecule has 0 fully saturated rings. The summed E-state index contributed by atoms with van der Waals surface area (Å²) in [6.45, 7) is 0. The lowest BCUT2D eigenvalue weighted by molar-refractivity contribution is -0.386. The largest absolute Gasteiger partial charge is 0.361 e. The second-order valence-corrected chi connectivity index (χ2v) is 4.58. The second-order valence-electron chi connectivity index (χ2n) is 4.58. The predicted octanol–water partition coefficient (Wildman–Crippen LogP) is 1.40. The second kappa shape index (κ2) is 5.72. The summed E-state index contributed by atoms with van der Waals surface area (Å²) in [6, 6.07) is 5.85. The van der Waals surface area contributed by atoms with Crippen LogP contribution < -0.4 is 5.56 Å². The fourth-order valence-electron chi connectivity index (χ4n) is 2.12. The molecule has 0 aliphatic carbocycles. The summed E-state index contributed by atoms with van der Waals surface area (Å²) < 4.78 is 0.834. The van der Waals surface area contributed by atoms with Gasteiger partial charge in [0.05, 0.1) is 15.4 Å². The number of rotatable bonds is 4. The Labute approximate surface area is 132 Å². The molecule has 3 aromatic rings. The molecule has 0 aliphatic heterocycles. The molecule has 0 radical (unpaired) electrons. The van der Waals surface area contributed by atoms with Crippen molar-refractivity contribution in [1.82, 2.24) is 19.6 Å². The van der Waals surface area contributed by atoms with Gasteiger partial charge in [0.1, 0.15) is 6.33 Å². The Hall–Kier alpha value is -3.89. The van der Waals surface area contributed by atoms with Gasteiger partial charge in [-0.3, -0.25) is 30.1 Å². The molecule has 2 aromatic heterocycles. The van der Waals surface area contributed by atoms with Gasteiger partial charge < -0.3 is 0 Å². The molecule has 0 bridgehead atoms. The van der Waals surface area contributed by atoms with E-state index in [1.54, 1.807) is 6.07 Å². The third-order valence-electron chi connectivity index (χ3n) is 3.17. The third-order valence-corrected chi connectivity index (χ3v) is 3.17. The molecule has 0 spiro atoms. The van der Waals surface area contributed by atoms with Crippen molar-refractivity contribution in [3.8, 4) is 0 Å². The van der Waals surface area contributed by atoms with Crippen LogP contribution in [0.2, 0.25) is 0 Å². The highest BCUT2D eigenvalue weighted by atomic mass is 16.6. The van der Waals surface area contributed by atoms with E-state index in [2.05, 4.69) is 15.1 Å². The van der Waals surface area contributed by atoms with Gasteiger partial charge in [-0.05, 0) is 18.2 Å². The van der Waals surface area contributed by atoms with E-state index in [4.69, 9.17) is 0 Å². The Kier molecular flexibility index (Phi) is 3.58. The van der Waals surface area contributed by atoms with E-state index < -0.39 is 21.1 Å². The summed E-state index contributed by atoms with van der Waals surface area (Å²) >= 11 is 0. The van der Waals surface area contributed by atoms with Crippen LogP contribution in [0.1, 0.15) is 11.3 Å². The average Bonchev–Trinajstić information content (AvgIpc) is 3.01. The molecule has 3 rings (SSSR count). The fraction of sp³-hybridized carbons (Fsp3) is 0. The number of hydrogen-bond donors (Lipinski definition) is 1. The van der Waals surface area contributed by atoms with Crippen LogP contribution in [-0.4, -0.2) is 29.4 Å². The molecule has 24 heavy (non-hydrogen) atoms. The molecule has 0 aliphatic rings. The SMILES string of the molecule is O=c1c([N+](=O)[O-])c(/C=C/c2ccccc2[N+](=O)[O-])nc2nc[nH]n12. The first-order valence-corrected chi connectivity index (χ1v) is 6.51. The summed E-state index contributed by atoms with van der Waals surface area (Å²) in [6.07, 6.45) is 3.63. The lowest BCUT2D eigenvalue weighted by Gasteiger charge is -1.99. The monoisotopic (exact) mass is 328 g/mol. The van der Waals surface area contributed by atoms with E-state index in [-0.39, 0.29) is 22.7 Å². The maximum Gasteiger partial charge on any atom is 0.361 e. The van der Waals surface area contributed by atoms with Crippen molar-refractivity contribution in [3.63, 3.8) is 0 Å². The van der Waals surface area contributed by atoms with Gasteiger partial charge in [0.15, 0.2) is 5.69 Å². The Bertz CT molecular complexity index is 1050. The molecule has 0 atom stereocenters. The zero-order valence-corrected chi connectivity index (χ0v) is 11.8. The lowest BCUT2D eigenvalue weighted by Crippen LogP contribution is -2.20. The average molecular weight is 328 g/mol. The number of para-hydroxylation sites is 1. The minimum Gasteiger partial charge on any atom is -0.277 e. The summed E-state index contributed by atoms with van der Waals surface area (Å²) in [5.74, 6) is -0.0483. The van der Waals surface area contributed by atoms with Crippen molar-refractivity contribution in [1.29, 1.82) is 0 Å². The number of fused-ring (bicyclic) bond motifs is 1. The van der Waals surface area contributed by atoms with Gasteiger partial charge in [-0.15, -0.1) is 0 Å². The molecule has 1 N–H and O–H groups in total. The first-order valence-electron chi connectivity index (χ1n) is 6.51. The van der Waals surface area contributed by atoms with Gasteiger partial charge in [-0.2, -0.15) is 4.52 Å².